The Hall–Kier alpha value is 0.260. The fourth-order valence-corrected chi connectivity index (χ4v) is 2.84. The number of alkyl halides is 1. The van der Waals surface area contributed by atoms with Gasteiger partial charge in [0, 0.05) is 12.2 Å². The zero-order valence-electron chi connectivity index (χ0n) is 5.08. The van der Waals surface area contributed by atoms with Gasteiger partial charge in [-0.15, -0.1) is 11.6 Å². The number of hydrogen-bond donors (Lipinski definition) is 0. The molecule has 1 rings (SSSR count). The number of halogens is 1. The molecular formula is C4H6ClNO2S2. The van der Waals surface area contributed by atoms with E-state index in [9.17, 15) is 8.42 Å². The van der Waals surface area contributed by atoms with E-state index in [1.807, 2.05) is 0 Å². The lowest BCUT2D eigenvalue weighted by Crippen LogP contribution is -2.13. The van der Waals surface area contributed by atoms with Gasteiger partial charge in [-0.1, -0.05) is 0 Å². The van der Waals surface area contributed by atoms with Crippen LogP contribution in [0.2, 0.25) is 0 Å². The predicted molar refractivity (Wildman–Crippen MR) is 44.1 cm³/mol. The van der Waals surface area contributed by atoms with Crippen LogP contribution in [0.5, 0.6) is 0 Å². The number of sulfone groups is 1. The van der Waals surface area contributed by atoms with E-state index in [2.05, 4.69) is 4.40 Å². The maximum atomic E-state index is 10.9. The smallest absolute Gasteiger partial charge is 0.206 e. The highest BCUT2D eigenvalue weighted by Crippen LogP contribution is 2.18. The lowest BCUT2D eigenvalue weighted by atomic mass is 10.5. The van der Waals surface area contributed by atoms with Crippen molar-refractivity contribution in [2.45, 2.75) is 6.42 Å². The Morgan fingerprint density at radius 2 is 2.40 bits per heavy atom. The highest BCUT2D eigenvalue weighted by molar-refractivity contribution is 8.09. The Balaban J connectivity index is 2.83. The van der Waals surface area contributed by atoms with Crippen LogP contribution in [0, 0.1) is 0 Å². The van der Waals surface area contributed by atoms with Crippen LogP contribution < -0.4 is 0 Å². The molecule has 1 aliphatic rings. The first-order valence-corrected chi connectivity index (χ1v) is 5.77. The monoisotopic (exact) mass is 199 g/mol. The Morgan fingerprint density at radius 3 is 2.80 bits per heavy atom. The molecule has 6 heteroatoms. The topological polar surface area (TPSA) is 46.5 Å². The summed E-state index contributed by atoms with van der Waals surface area (Å²) in [6, 6.07) is 0. The maximum Gasteiger partial charge on any atom is 0.206 e. The SMILES string of the molecule is O=S(=O)(CCl)C1=NSCC1. The third-order valence-electron chi connectivity index (χ3n) is 1.08. The van der Waals surface area contributed by atoms with E-state index in [4.69, 9.17) is 11.6 Å². The van der Waals surface area contributed by atoms with Crippen molar-refractivity contribution in [1.82, 2.24) is 0 Å². The van der Waals surface area contributed by atoms with Crippen molar-refractivity contribution in [3.8, 4) is 0 Å². The first-order chi connectivity index (χ1) is 4.67. The first kappa shape index (κ1) is 8.36. The molecule has 0 amide bonds. The van der Waals surface area contributed by atoms with Gasteiger partial charge in [-0.25, -0.2) is 12.8 Å². The van der Waals surface area contributed by atoms with E-state index in [1.54, 1.807) is 0 Å². The normalized spacial score (nSPS) is 19.1. The molecule has 0 fully saturated rings. The number of rotatable bonds is 1. The lowest BCUT2D eigenvalue weighted by Gasteiger charge is -1.94. The second-order valence-electron chi connectivity index (χ2n) is 1.79. The second-order valence-corrected chi connectivity index (χ2v) is 5.21. The minimum absolute atomic E-state index is 0.243. The Kier molecular flexibility index (Phi) is 2.60. The molecule has 0 bridgehead atoms. The van der Waals surface area contributed by atoms with Gasteiger partial charge >= 0.3 is 0 Å². The third-order valence-corrected chi connectivity index (χ3v) is 4.09. The molecule has 58 valence electrons. The summed E-state index contributed by atoms with van der Waals surface area (Å²) in [5.74, 6) is 0.755. The van der Waals surface area contributed by atoms with Crippen LogP contribution in [0.4, 0.5) is 0 Å². The molecule has 0 aromatic rings. The molecule has 0 aliphatic carbocycles. The van der Waals surface area contributed by atoms with Crippen LogP contribution in [-0.2, 0) is 9.84 Å². The molecule has 0 atom stereocenters. The average Bonchev–Trinajstić information content (AvgIpc) is 2.38. The van der Waals surface area contributed by atoms with Crippen molar-refractivity contribution < 1.29 is 8.42 Å². The standard InChI is InChI=1S/C4H6ClNO2S2/c5-3-10(7,8)4-1-2-9-6-4/h1-3H2. The molecule has 0 unspecified atom stereocenters. The Morgan fingerprint density at radius 1 is 1.70 bits per heavy atom. The Labute approximate surface area is 68.9 Å². The van der Waals surface area contributed by atoms with Gasteiger partial charge in [-0.05, 0) is 11.9 Å². The van der Waals surface area contributed by atoms with Gasteiger partial charge in [0.2, 0.25) is 9.84 Å². The highest BCUT2D eigenvalue weighted by atomic mass is 35.5. The zero-order valence-corrected chi connectivity index (χ0v) is 7.47. The van der Waals surface area contributed by atoms with Gasteiger partial charge in [-0.3, -0.25) is 0 Å². The van der Waals surface area contributed by atoms with Crippen LogP contribution in [0.3, 0.4) is 0 Å². The van der Waals surface area contributed by atoms with E-state index >= 15 is 0 Å². The minimum atomic E-state index is -3.20. The molecule has 0 aromatic heterocycles. The van der Waals surface area contributed by atoms with E-state index in [0.29, 0.717) is 6.42 Å². The van der Waals surface area contributed by atoms with Crippen LogP contribution >= 0.6 is 23.5 Å². The van der Waals surface area contributed by atoms with Crippen LogP contribution in [-0.4, -0.2) is 24.4 Å². The molecule has 3 nitrogen and oxygen atoms in total. The van der Waals surface area contributed by atoms with Gasteiger partial charge in [0.05, 0.1) is 0 Å². The fraction of sp³-hybridized carbons (Fsp3) is 0.750. The summed E-state index contributed by atoms with van der Waals surface area (Å²) >= 11 is 6.47. The molecule has 0 spiro atoms. The number of nitrogens with zero attached hydrogens (tertiary/aromatic N) is 1. The summed E-state index contributed by atoms with van der Waals surface area (Å²) in [6.07, 6.45) is 0.528. The molecule has 0 radical (unpaired) electrons. The third kappa shape index (κ3) is 1.65. The lowest BCUT2D eigenvalue weighted by molar-refractivity contribution is 0.611. The number of hydrogen-bond acceptors (Lipinski definition) is 4. The van der Waals surface area contributed by atoms with E-state index in [0.717, 1.165) is 5.75 Å². The molecule has 0 saturated heterocycles. The fourth-order valence-electron chi connectivity index (χ4n) is 0.571. The van der Waals surface area contributed by atoms with Gasteiger partial charge in [0.1, 0.15) is 10.3 Å². The molecule has 1 heterocycles. The molecule has 10 heavy (non-hydrogen) atoms. The zero-order chi connectivity index (χ0) is 7.61. The van der Waals surface area contributed by atoms with Gasteiger partial charge in [0.15, 0.2) is 0 Å². The highest BCUT2D eigenvalue weighted by Gasteiger charge is 2.21. The molecule has 0 saturated carbocycles. The van der Waals surface area contributed by atoms with Crippen molar-refractivity contribution in [1.29, 1.82) is 0 Å². The van der Waals surface area contributed by atoms with Crippen LogP contribution in [0.15, 0.2) is 4.40 Å². The van der Waals surface area contributed by atoms with Crippen molar-refractivity contribution in [3.05, 3.63) is 0 Å². The molecular weight excluding hydrogens is 194 g/mol. The first-order valence-electron chi connectivity index (χ1n) is 2.64. The molecule has 0 aromatic carbocycles. The van der Waals surface area contributed by atoms with E-state index in [-0.39, 0.29) is 10.3 Å². The van der Waals surface area contributed by atoms with Crippen LogP contribution in [0.25, 0.3) is 0 Å². The predicted octanol–water partition coefficient (Wildman–Crippen LogP) is 1.05. The van der Waals surface area contributed by atoms with E-state index in [1.165, 1.54) is 11.9 Å². The van der Waals surface area contributed by atoms with Crippen molar-refractivity contribution >= 4 is 38.4 Å². The van der Waals surface area contributed by atoms with Crippen LogP contribution in [0.1, 0.15) is 6.42 Å². The molecule has 1 aliphatic heterocycles. The summed E-state index contributed by atoms with van der Waals surface area (Å²) in [7, 11) is -3.20. The Bertz CT molecular complexity index is 246. The van der Waals surface area contributed by atoms with Crippen molar-refractivity contribution in [2.24, 2.45) is 4.40 Å². The largest absolute Gasteiger partial charge is 0.221 e. The maximum absolute atomic E-state index is 10.9. The van der Waals surface area contributed by atoms with Gasteiger partial charge in [-0.2, -0.15) is 0 Å². The summed E-state index contributed by atoms with van der Waals surface area (Å²) in [6.45, 7) is 0. The summed E-state index contributed by atoms with van der Waals surface area (Å²) in [4.78, 5) is 0. The summed E-state index contributed by atoms with van der Waals surface area (Å²) in [5.41, 5.74) is 0. The summed E-state index contributed by atoms with van der Waals surface area (Å²) in [5, 5.41) is -0.112. The average molecular weight is 200 g/mol. The quantitative estimate of drug-likeness (QED) is 0.469. The minimum Gasteiger partial charge on any atom is -0.221 e. The molecule has 0 N–H and O–H groups in total. The van der Waals surface area contributed by atoms with Crippen molar-refractivity contribution in [3.63, 3.8) is 0 Å². The summed E-state index contributed by atoms with van der Waals surface area (Å²) < 4.78 is 25.6. The van der Waals surface area contributed by atoms with Gasteiger partial charge < -0.3 is 0 Å². The van der Waals surface area contributed by atoms with Gasteiger partial charge in [0.25, 0.3) is 0 Å². The second kappa shape index (κ2) is 3.11. The van der Waals surface area contributed by atoms with E-state index < -0.39 is 9.84 Å². The van der Waals surface area contributed by atoms with Crippen molar-refractivity contribution in [2.75, 3.05) is 11.0 Å².